The summed E-state index contributed by atoms with van der Waals surface area (Å²) in [5.41, 5.74) is 2.05. The maximum atomic E-state index is 13.5. The molecule has 1 atom stereocenters. The zero-order chi connectivity index (χ0) is 23.8. The van der Waals surface area contributed by atoms with Crippen LogP contribution in [0.3, 0.4) is 0 Å². The second-order valence-corrected chi connectivity index (χ2v) is 10.2. The predicted octanol–water partition coefficient (Wildman–Crippen LogP) is 4.08. The Morgan fingerprint density at radius 3 is 2.62 bits per heavy atom. The smallest absolute Gasteiger partial charge is 0.267 e. The van der Waals surface area contributed by atoms with Gasteiger partial charge in [0, 0.05) is 22.9 Å². The molecule has 2 saturated heterocycles. The fraction of sp³-hybridized carbons (Fsp3) is 0.250. The Kier molecular flexibility index (Phi) is 6.44. The van der Waals surface area contributed by atoms with Gasteiger partial charge in [0.25, 0.3) is 11.8 Å². The molecule has 0 unspecified atom stereocenters. The van der Waals surface area contributed by atoms with Crippen molar-refractivity contribution >= 4 is 74.6 Å². The Morgan fingerprint density at radius 1 is 1.12 bits per heavy atom. The van der Waals surface area contributed by atoms with Crippen molar-refractivity contribution in [3.8, 4) is 0 Å². The molecule has 0 aliphatic carbocycles. The Balaban J connectivity index is 1.41. The van der Waals surface area contributed by atoms with Gasteiger partial charge in [-0.05, 0) is 43.2 Å². The molecule has 0 spiro atoms. The number of hydrogen-bond acceptors (Lipinski definition) is 6. The molecule has 0 saturated carbocycles. The van der Waals surface area contributed by atoms with Gasteiger partial charge in [-0.1, -0.05) is 53.8 Å². The van der Waals surface area contributed by atoms with Crippen molar-refractivity contribution < 1.29 is 19.1 Å². The third-order valence-electron chi connectivity index (χ3n) is 5.84. The first-order chi connectivity index (χ1) is 16.4. The molecule has 10 heteroatoms. The fourth-order valence-electron chi connectivity index (χ4n) is 4.23. The number of thioether (sulfide) groups is 1. The third kappa shape index (κ3) is 4.36. The summed E-state index contributed by atoms with van der Waals surface area (Å²) in [5.74, 6) is -1.06. The molecule has 0 radical (unpaired) electrons. The molecule has 3 heterocycles. The summed E-state index contributed by atoms with van der Waals surface area (Å²) < 4.78 is 6.07. The topological polar surface area (TPSA) is 79.0 Å². The van der Waals surface area contributed by atoms with Crippen LogP contribution in [-0.2, 0) is 19.1 Å². The highest BCUT2D eigenvalue weighted by molar-refractivity contribution is 8.26. The molecule has 3 aliphatic rings. The Labute approximate surface area is 211 Å². The molecular weight excluding hydrogens is 494 g/mol. The molecule has 3 aliphatic heterocycles. The van der Waals surface area contributed by atoms with E-state index in [0.29, 0.717) is 44.3 Å². The number of hydrogen-bond donors (Lipinski definition) is 1. The SMILES string of the molecule is O=C(CN1C(=O)/C(=C2\SC(=S)N(C[C@@H]3CCCO3)C2=O)c2ccccc21)Nc1ccc(Cl)cc1. The van der Waals surface area contributed by atoms with Crippen LogP contribution in [0, 0.1) is 0 Å². The number of ether oxygens (including phenoxy) is 1. The average Bonchev–Trinajstić information content (AvgIpc) is 3.50. The van der Waals surface area contributed by atoms with E-state index in [0.717, 1.165) is 24.6 Å². The second-order valence-electron chi connectivity index (χ2n) is 8.09. The van der Waals surface area contributed by atoms with Crippen LogP contribution in [-0.4, -0.2) is 52.7 Å². The number of amides is 3. The van der Waals surface area contributed by atoms with E-state index in [1.54, 1.807) is 48.5 Å². The fourth-order valence-corrected chi connectivity index (χ4v) is 5.71. The lowest BCUT2D eigenvalue weighted by atomic mass is 10.1. The van der Waals surface area contributed by atoms with Gasteiger partial charge in [-0.25, -0.2) is 0 Å². The van der Waals surface area contributed by atoms with Gasteiger partial charge in [-0.15, -0.1) is 0 Å². The number of thiocarbonyl (C=S) groups is 1. The van der Waals surface area contributed by atoms with Gasteiger partial charge in [-0.3, -0.25) is 24.2 Å². The summed E-state index contributed by atoms with van der Waals surface area (Å²) >= 11 is 12.5. The van der Waals surface area contributed by atoms with E-state index in [2.05, 4.69) is 5.32 Å². The Bertz CT molecular complexity index is 1220. The Hall–Kier alpha value is -2.72. The molecule has 5 rings (SSSR count). The summed E-state index contributed by atoms with van der Waals surface area (Å²) in [6.07, 6.45) is 1.78. The van der Waals surface area contributed by atoms with Crippen molar-refractivity contribution in [3.05, 3.63) is 64.0 Å². The molecular formula is C24H20ClN3O4S2. The van der Waals surface area contributed by atoms with Gasteiger partial charge >= 0.3 is 0 Å². The summed E-state index contributed by atoms with van der Waals surface area (Å²) in [6, 6.07) is 13.9. The summed E-state index contributed by atoms with van der Waals surface area (Å²) in [5, 5.41) is 3.33. The lowest BCUT2D eigenvalue weighted by Crippen LogP contribution is -2.36. The maximum Gasteiger partial charge on any atom is 0.267 e. The van der Waals surface area contributed by atoms with Crippen LogP contribution in [0.5, 0.6) is 0 Å². The molecule has 0 bridgehead atoms. The number of fused-ring (bicyclic) bond motifs is 1. The molecule has 34 heavy (non-hydrogen) atoms. The van der Waals surface area contributed by atoms with Crippen molar-refractivity contribution in [2.24, 2.45) is 0 Å². The first kappa shape index (κ1) is 23.0. The van der Waals surface area contributed by atoms with Crippen molar-refractivity contribution in [2.75, 3.05) is 29.9 Å². The van der Waals surface area contributed by atoms with E-state index in [9.17, 15) is 14.4 Å². The second kappa shape index (κ2) is 9.50. The van der Waals surface area contributed by atoms with Crippen LogP contribution in [0.1, 0.15) is 18.4 Å². The number of benzene rings is 2. The standard InChI is InChI=1S/C24H20ClN3O4S2/c25-14-7-9-15(10-8-14)26-19(29)13-27-18-6-2-1-5-17(18)20(22(27)30)21-23(31)28(24(33)34-21)12-16-4-3-11-32-16/h1-2,5-10,16H,3-4,11-13H2,(H,26,29)/b21-20-/t16-/m0/s1. The minimum absolute atomic E-state index is 0.0496. The minimum Gasteiger partial charge on any atom is -0.376 e. The normalized spacial score (nSPS) is 22.0. The van der Waals surface area contributed by atoms with Crippen LogP contribution in [0.4, 0.5) is 11.4 Å². The van der Waals surface area contributed by atoms with Gasteiger partial charge in [0.15, 0.2) is 0 Å². The minimum atomic E-state index is -0.398. The van der Waals surface area contributed by atoms with E-state index in [1.807, 2.05) is 0 Å². The number of anilines is 2. The van der Waals surface area contributed by atoms with E-state index >= 15 is 0 Å². The van der Waals surface area contributed by atoms with Gasteiger partial charge < -0.3 is 10.1 Å². The zero-order valence-corrected chi connectivity index (χ0v) is 20.3. The van der Waals surface area contributed by atoms with Crippen LogP contribution >= 0.6 is 35.6 Å². The molecule has 2 fully saturated rings. The number of rotatable bonds is 5. The number of para-hydroxylation sites is 1. The molecule has 174 valence electrons. The van der Waals surface area contributed by atoms with Crippen molar-refractivity contribution in [3.63, 3.8) is 0 Å². The van der Waals surface area contributed by atoms with Gasteiger partial charge in [0.1, 0.15) is 10.9 Å². The van der Waals surface area contributed by atoms with E-state index < -0.39 is 5.91 Å². The molecule has 2 aromatic carbocycles. The Morgan fingerprint density at radius 2 is 1.88 bits per heavy atom. The lowest BCUT2D eigenvalue weighted by molar-refractivity contribution is -0.123. The molecule has 0 aromatic heterocycles. The van der Waals surface area contributed by atoms with Crippen LogP contribution < -0.4 is 10.2 Å². The quantitative estimate of drug-likeness (QED) is 0.479. The summed E-state index contributed by atoms with van der Waals surface area (Å²) in [4.78, 5) is 42.7. The van der Waals surface area contributed by atoms with E-state index in [4.69, 9.17) is 28.6 Å². The van der Waals surface area contributed by atoms with Crippen LogP contribution in [0.25, 0.3) is 5.57 Å². The summed E-state index contributed by atoms with van der Waals surface area (Å²) in [6.45, 7) is 0.863. The van der Waals surface area contributed by atoms with Crippen molar-refractivity contribution in [1.82, 2.24) is 4.90 Å². The number of carbonyl (C=O) groups excluding carboxylic acids is 3. The summed E-state index contributed by atoms with van der Waals surface area (Å²) in [7, 11) is 0. The monoisotopic (exact) mass is 513 g/mol. The van der Waals surface area contributed by atoms with Gasteiger partial charge in [0.05, 0.1) is 28.8 Å². The number of nitrogens with one attached hydrogen (secondary N) is 1. The van der Waals surface area contributed by atoms with E-state index in [1.165, 1.54) is 9.80 Å². The lowest BCUT2D eigenvalue weighted by Gasteiger charge is -2.18. The first-order valence-electron chi connectivity index (χ1n) is 10.8. The maximum absolute atomic E-state index is 13.5. The highest BCUT2D eigenvalue weighted by Crippen LogP contribution is 2.44. The van der Waals surface area contributed by atoms with Gasteiger partial charge in [0.2, 0.25) is 5.91 Å². The highest BCUT2D eigenvalue weighted by Gasteiger charge is 2.43. The number of nitrogens with zero attached hydrogens (tertiary/aromatic N) is 2. The molecule has 3 amide bonds. The zero-order valence-electron chi connectivity index (χ0n) is 18.0. The third-order valence-corrected chi connectivity index (χ3v) is 7.54. The van der Waals surface area contributed by atoms with Crippen molar-refractivity contribution in [2.45, 2.75) is 18.9 Å². The molecule has 7 nitrogen and oxygen atoms in total. The highest BCUT2D eigenvalue weighted by atomic mass is 35.5. The van der Waals surface area contributed by atoms with Crippen LogP contribution in [0.15, 0.2) is 53.4 Å². The largest absolute Gasteiger partial charge is 0.376 e. The van der Waals surface area contributed by atoms with Gasteiger partial charge in [-0.2, -0.15) is 0 Å². The van der Waals surface area contributed by atoms with Crippen LogP contribution in [0.2, 0.25) is 5.02 Å². The molecule has 2 aromatic rings. The van der Waals surface area contributed by atoms with Crippen molar-refractivity contribution in [1.29, 1.82) is 0 Å². The van der Waals surface area contributed by atoms with E-state index in [-0.39, 0.29) is 30.0 Å². The number of carbonyl (C=O) groups is 3. The predicted molar refractivity (Wildman–Crippen MR) is 137 cm³/mol. The number of halogens is 1. The first-order valence-corrected chi connectivity index (χ1v) is 12.4. The average molecular weight is 514 g/mol. The molecule has 1 N–H and O–H groups in total.